The van der Waals surface area contributed by atoms with Crippen LogP contribution in [0, 0.1) is 5.82 Å². The van der Waals surface area contributed by atoms with Crippen LogP contribution in [0.5, 0.6) is 5.75 Å². The van der Waals surface area contributed by atoms with Crippen LogP contribution in [0.3, 0.4) is 0 Å². The molecule has 2 rings (SSSR count). The van der Waals surface area contributed by atoms with Crippen molar-refractivity contribution < 1.29 is 19.0 Å². The van der Waals surface area contributed by atoms with Crippen molar-refractivity contribution >= 4 is 5.91 Å². The lowest BCUT2D eigenvalue weighted by atomic mass is 10.1. The standard InChI is InChI=1S/C17H18FNO3/c1-22-16-8-2-13(3-9-16)12-19(10-11-20)17(21)14-4-6-15(18)7-5-14/h2-9,20H,10-12H2,1H3. The number of rotatable bonds is 6. The Morgan fingerprint density at radius 3 is 2.32 bits per heavy atom. The van der Waals surface area contributed by atoms with Gasteiger partial charge in [-0.25, -0.2) is 4.39 Å². The SMILES string of the molecule is COc1ccc(CN(CCO)C(=O)c2ccc(F)cc2)cc1. The van der Waals surface area contributed by atoms with Gasteiger partial charge in [-0.1, -0.05) is 12.1 Å². The second kappa shape index (κ2) is 7.56. The van der Waals surface area contributed by atoms with Crippen LogP contribution >= 0.6 is 0 Å². The smallest absolute Gasteiger partial charge is 0.254 e. The van der Waals surface area contributed by atoms with Crippen molar-refractivity contribution in [1.82, 2.24) is 4.90 Å². The summed E-state index contributed by atoms with van der Waals surface area (Å²) in [6.07, 6.45) is 0. The Balaban J connectivity index is 2.14. The molecule has 0 heterocycles. The van der Waals surface area contributed by atoms with Crippen molar-refractivity contribution in [3.63, 3.8) is 0 Å². The summed E-state index contributed by atoms with van der Waals surface area (Å²) in [6.45, 7) is 0.437. The molecule has 5 heteroatoms. The number of hydrogen-bond donors (Lipinski definition) is 1. The van der Waals surface area contributed by atoms with Crippen molar-refractivity contribution in [3.05, 3.63) is 65.5 Å². The monoisotopic (exact) mass is 303 g/mol. The third-order valence-corrected chi connectivity index (χ3v) is 3.28. The minimum Gasteiger partial charge on any atom is -0.497 e. The summed E-state index contributed by atoms with van der Waals surface area (Å²) >= 11 is 0. The van der Waals surface area contributed by atoms with E-state index in [4.69, 9.17) is 9.84 Å². The Bertz CT molecular complexity index is 611. The predicted octanol–water partition coefficient (Wildman–Crippen LogP) is 2.47. The maximum atomic E-state index is 12.9. The Morgan fingerprint density at radius 2 is 1.77 bits per heavy atom. The van der Waals surface area contributed by atoms with E-state index in [2.05, 4.69) is 0 Å². The summed E-state index contributed by atoms with van der Waals surface area (Å²) in [6, 6.07) is 12.7. The van der Waals surface area contributed by atoms with Crippen molar-refractivity contribution in [2.75, 3.05) is 20.3 Å². The van der Waals surface area contributed by atoms with Crippen LogP contribution in [0.15, 0.2) is 48.5 Å². The van der Waals surface area contributed by atoms with Gasteiger partial charge in [0.05, 0.1) is 13.7 Å². The number of carbonyl (C=O) groups excluding carboxylic acids is 1. The summed E-state index contributed by atoms with van der Waals surface area (Å²) in [4.78, 5) is 14.0. The highest BCUT2D eigenvalue weighted by atomic mass is 19.1. The molecule has 0 aliphatic heterocycles. The van der Waals surface area contributed by atoms with Gasteiger partial charge in [0.15, 0.2) is 0 Å². The van der Waals surface area contributed by atoms with Gasteiger partial charge in [0, 0.05) is 18.7 Å². The molecular weight excluding hydrogens is 285 g/mol. The number of aliphatic hydroxyl groups is 1. The molecule has 0 aliphatic rings. The Kier molecular flexibility index (Phi) is 5.49. The highest BCUT2D eigenvalue weighted by Gasteiger charge is 2.15. The maximum Gasteiger partial charge on any atom is 0.254 e. The molecule has 0 radical (unpaired) electrons. The second-order valence-electron chi connectivity index (χ2n) is 4.81. The lowest BCUT2D eigenvalue weighted by molar-refractivity contribution is 0.0708. The van der Waals surface area contributed by atoms with Gasteiger partial charge in [0.25, 0.3) is 5.91 Å². The van der Waals surface area contributed by atoms with Crippen LogP contribution in [-0.2, 0) is 6.54 Å². The molecule has 4 nitrogen and oxygen atoms in total. The summed E-state index contributed by atoms with van der Waals surface area (Å²) in [5.41, 5.74) is 1.31. The first-order chi connectivity index (χ1) is 10.6. The first kappa shape index (κ1) is 16.0. The number of carbonyl (C=O) groups is 1. The first-order valence-electron chi connectivity index (χ1n) is 6.92. The van der Waals surface area contributed by atoms with E-state index < -0.39 is 0 Å². The summed E-state index contributed by atoms with van der Waals surface area (Å²) in [7, 11) is 1.59. The third kappa shape index (κ3) is 4.05. The van der Waals surface area contributed by atoms with E-state index in [0.29, 0.717) is 12.1 Å². The van der Waals surface area contributed by atoms with Crippen molar-refractivity contribution in [2.45, 2.75) is 6.54 Å². The highest BCUT2D eigenvalue weighted by molar-refractivity contribution is 5.94. The molecule has 0 saturated heterocycles. The topological polar surface area (TPSA) is 49.8 Å². The van der Waals surface area contributed by atoms with E-state index in [1.165, 1.54) is 29.2 Å². The number of aliphatic hydroxyl groups excluding tert-OH is 1. The summed E-state index contributed by atoms with van der Waals surface area (Å²) < 4.78 is 18.0. The molecule has 1 amide bonds. The molecule has 0 atom stereocenters. The lowest BCUT2D eigenvalue weighted by Gasteiger charge is -2.22. The fraction of sp³-hybridized carbons (Fsp3) is 0.235. The van der Waals surface area contributed by atoms with Gasteiger partial charge in [0.1, 0.15) is 11.6 Å². The zero-order valence-corrected chi connectivity index (χ0v) is 12.3. The number of amides is 1. The number of hydrogen-bond acceptors (Lipinski definition) is 3. The van der Waals surface area contributed by atoms with Crippen molar-refractivity contribution in [2.24, 2.45) is 0 Å². The van der Waals surface area contributed by atoms with Crippen LogP contribution in [0.2, 0.25) is 0 Å². The molecule has 2 aromatic rings. The number of benzene rings is 2. The molecule has 22 heavy (non-hydrogen) atoms. The largest absolute Gasteiger partial charge is 0.497 e. The predicted molar refractivity (Wildman–Crippen MR) is 81.2 cm³/mol. The molecule has 0 aliphatic carbocycles. The van der Waals surface area contributed by atoms with Crippen LogP contribution < -0.4 is 4.74 Å². The Labute approximate surface area is 128 Å². The lowest BCUT2D eigenvalue weighted by Crippen LogP contribution is -2.33. The quantitative estimate of drug-likeness (QED) is 0.892. The van der Waals surface area contributed by atoms with Crippen molar-refractivity contribution in [3.8, 4) is 5.75 Å². The Morgan fingerprint density at radius 1 is 1.14 bits per heavy atom. The molecule has 1 N–H and O–H groups in total. The van der Waals surface area contributed by atoms with Gasteiger partial charge in [-0.2, -0.15) is 0 Å². The highest BCUT2D eigenvalue weighted by Crippen LogP contribution is 2.15. The second-order valence-corrected chi connectivity index (χ2v) is 4.81. The van der Waals surface area contributed by atoms with Gasteiger partial charge < -0.3 is 14.7 Å². The minimum atomic E-state index is -0.389. The van der Waals surface area contributed by atoms with E-state index in [-0.39, 0.29) is 24.9 Å². The molecule has 0 aromatic heterocycles. The summed E-state index contributed by atoms with van der Waals surface area (Å²) in [5, 5.41) is 9.16. The molecule has 0 saturated carbocycles. The van der Waals surface area contributed by atoms with Crippen LogP contribution in [-0.4, -0.2) is 36.2 Å². The number of ether oxygens (including phenoxy) is 1. The molecule has 116 valence electrons. The van der Waals surface area contributed by atoms with Crippen LogP contribution in [0.25, 0.3) is 0 Å². The van der Waals surface area contributed by atoms with Crippen LogP contribution in [0.1, 0.15) is 15.9 Å². The van der Waals surface area contributed by atoms with Gasteiger partial charge in [0.2, 0.25) is 0 Å². The fourth-order valence-corrected chi connectivity index (χ4v) is 2.10. The minimum absolute atomic E-state index is 0.136. The van der Waals surface area contributed by atoms with Gasteiger partial charge in [-0.15, -0.1) is 0 Å². The zero-order valence-electron chi connectivity index (χ0n) is 12.3. The first-order valence-corrected chi connectivity index (χ1v) is 6.92. The molecular formula is C17H18FNO3. The van der Waals surface area contributed by atoms with Gasteiger partial charge >= 0.3 is 0 Å². The number of methoxy groups -OCH3 is 1. The fourth-order valence-electron chi connectivity index (χ4n) is 2.10. The van der Waals surface area contributed by atoms with E-state index in [1.54, 1.807) is 7.11 Å². The Hall–Kier alpha value is -2.40. The third-order valence-electron chi connectivity index (χ3n) is 3.28. The van der Waals surface area contributed by atoms with Crippen molar-refractivity contribution in [1.29, 1.82) is 0 Å². The molecule has 0 fully saturated rings. The molecule has 0 spiro atoms. The average molecular weight is 303 g/mol. The van der Waals surface area contributed by atoms with Gasteiger partial charge in [-0.3, -0.25) is 4.79 Å². The normalized spacial score (nSPS) is 10.3. The van der Waals surface area contributed by atoms with E-state index in [1.807, 2.05) is 24.3 Å². The van der Waals surface area contributed by atoms with Gasteiger partial charge in [-0.05, 0) is 42.0 Å². The van der Waals surface area contributed by atoms with Crippen LogP contribution in [0.4, 0.5) is 4.39 Å². The molecule has 0 bridgehead atoms. The number of halogens is 1. The molecule has 0 unspecified atom stereocenters. The maximum absolute atomic E-state index is 12.9. The van der Waals surface area contributed by atoms with E-state index >= 15 is 0 Å². The number of nitrogens with zero attached hydrogens (tertiary/aromatic N) is 1. The summed E-state index contributed by atoms with van der Waals surface area (Å²) in [5.74, 6) is 0.104. The zero-order chi connectivity index (χ0) is 15.9. The average Bonchev–Trinajstić information content (AvgIpc) is 2.55. The molecule has 2 aromatic carbocycles. The van der Waals surface area contributed by atoms with E-state index in [9.17, 15) is 9.18 Å². The van der Waals surface area contributed by atoms with E-state index in [0.717, 1.165) is 11.3 Å².